The molecule has 0 saturated carbocycles. The molecule has 1 aliphatic rings. The van der Waals surface area contributed by atoms with E-state index in [1.165, 1.54) is 6.92 Å². The number of likely N-dealkylation sites (N-methyl/N-ethyl adjacent to an activating group) is 1. The Morgan fingerprint density at radius 1 is 1.56 bits per heavy atom. The largest absolute Gasteiger partial charge is 0.395 e. The van der Waals surface area contributed by atoms with Gasteiger partial charge in [0, 0.05) is 12.6 Å². The number of aliphatic hydroxyl groups excluding tert-OH is 1. The van der Waals surface area contributed by atoms with Crippen molar-refractivity contribution in [2.45, 2.75) is 38.0 Å². The van der Waals surface area contributed by atoms with Gasteiger partial charge in [0.05, 0.1) is 11.9 Å². The second kappa shape index (κ2) is 5.95. The molecular formula is C10H22N2O3S. The van der Waals surface area contributed by atoms with Gasteiger partial charge in [0.15, 0.2) is 0 Å². The average molecular weight is 250 g/mol. The highest BCUT2D eigenvalue weighted by molar-refractivity contribution is 7.90. The first-order valence-electron chi connectivity index (χ1n) is 5.84. The summed E-state index contributed by atoms with van der Waals surface area (Å²) in [7, 11) is -3.36. The monoisotopic (exact) mass is 250 g/mol. The Bertz CT molecular complexity index is 305. The van der Waals surface area contributed by atoms with Crippen LogP contribution < -0.4 is 4.72 Å². The molecule has 1 aliphatic heterocycles. The summed E-state index contributed by atoms with van der Waals surface area (Å²) >= 11 is 0. The van der Waals surface area contributed by atoms with Gasteiger partial charge in [0.2, 0.25) is 10.0 Å². The molecule has 2 atom stereocenters. The molecule has 0 radical (unpaired) electrons. The molecule has 1 saturated heterocycles. The molecule has 0 spiro atoms. The van der Waals surface area contributed by atoms with Crippen LogP contribution in [0, 0.1) is 0 Å². The van der Waals surface area contributed by atoms with Gasteiger partial charge in [-0.05, 0) is 32.9 Å². The van der Waals surface area contributed by atoms with Crippen LogP contribution in [-0.4, -0.2) is 56.0 Å². The van der Waals surface area contributed by atoms with E-state index in [4.69, 9.17) is 5.11 Å². The van der Waals surface area contributed by atoms with E-state index in [9.17, 15) is 8.42 Å². The second-order valence-electron chi connectivity index (χ2n) is 4.31. The maximum absolute atomic E-state index is 11.6. The summed E-state index contributed by atoms with van der Waals surface area (Å²) in [4.78, 5) is 2.28. The highest BCUT2D eigenvalue weighted by Gasteiger charge is 2.26. The summed E-state index contributed by atoms with van der Waals surface area (Å²) in [6, 6.07) is 0.311. The Hall–Kier alpha value is -0.170. The Labute approximate surface area is 97.9 Å². The fraction of sp³-hybridized carbons (Fsp3) is 1.00. The van der Waals surface area contributed by atoms with Crippen LogP contribution in [0.2, 0.25) is 0 Å². The Morgan fingerprint density at radius 3 is 2.81 bits per heavy atom. The molecule has 5 nitrogen and oxygen atoms in total. The molecule has 1 rings (SSSR count). The van der Waals surface area contributed by atoms with Crippen molar-refractivity contribution < 1.29 is 13.5 Å². The molecule has 0 aliphatic carbocycles. The lowest BCUT2D eigenvalue weighted by Crippen LogP contribution is -2.43. The molecule has 2 unspecified atom stereocenters. The summed E-state index contributed by atoms with van der Waals surface area (Å²) in [6.45, 7) is 5.73. The number of nitrogens with zero attached hydrogens (tertiary/aromatic N) is 1. The quantitative estimate of drug-likeness (QED) is 0.683. The Morgan fingerprint density at radius 2 is 2.25 bits per heavy atom. The maximum atomic E-state index is 11.6. The van der Waals surface area contributed by atoms with Crippen LogP contribution in [0.1, 0.15) is 26.7 Å². The Kier molecular flexibility index (Phi) is 5.17. The molecular weight excluding hydrogens is 228 g/mol. The van der Waals surface area contributed by atoms with Gasteiger partial charge in [-0.15, -0.1) is 0 Å². The third-order valence-electron chi connectivity index (χ3n) is 3.21. The van der Waals surface area contributed by atoms with Crippen molar-refractivity contribution in [3.63, 3.8) is 0 Å². The lowest BCUT2D eigenvalue weighted by atomic mass is 10.2. The standard InChI is InChI=1S/C10H22N2O3S/c1-3-12-6-4-5-10(12)7-11-16(14,15)9(2)8-13/h9-11,13H,3-8H2,1-2H3. The van der Waals surface area contributed by atoms with Crippen molar-refractivity contribution in [1.29, 1.82) is 0 Å². The molecule has 0 aromatic heterocycles. The van der Waals surface area contributed by atoms with Gasteiger partial charge in [-0.3, -0.25) is 4.90 Å². The second-order valence-corrected chi connectivity index (χ2v) is 6.49. The van der Waals surface area contributed by atoms with E-state index in [0.29, 0.717) is 12.6 Å². The van der Waals surface area contributed by atoms with E-state index < -0.39 is 15.3 Å². The zero-order valence-corrected chi connectivity index (χ0v) is 10.8. The van der Waals surface area contributed by atoms with Gasteiger partial charge in [-0.25, -0.2) is 13.1 Å². The van der Waals surface area contributed by atoms with Crippen LogP contribution in [0.4, 0.5) is 0 Å². The topological polar surface area (TPSA) is 69.6 Å². The molecule has 96 valence electrons. The molecule has 2 N–H and O–H groups in total. The van der Waals surface area contributed by atoms with Gasteiger partial charge >= 0.3 is 0 Å². The average Bonchev–Trinajstić information content (AvgIpc) is 2.72. The summed E-state index contributed by atoms with van der Waals surface area (Å²) in [6.07, 6.45) is 2.18. The fourth-order valence-electron chi connectivity index (χ4n) is 2.00. The maximum Gasteiger partial charge on any atom is 0.216 e. The third-order valence-corrected chi connectivity index (χ3v) is 4.99. The van der Waals surface area contributed by atoms with Gasteiger partial charge < -0.3 is 5.11 Å². The molecule has 1 heterocycles. The predicted octanol–water partition coefficient (Wildman–Crippen LogP) is -0.229. The van der Waals surface area contributed by atoms with Crippen LogP contribution in [0.5, 0.6) is 0 Å². The molecule has 1 fully saturated rings. The minimum Gasteiger partial charge on any atom is -0.395 e. The molecule has 0 aromatic carbocycles. The summed E-state index contributed by atoms with van der Waals surface area (Å²) < 4.78 is 25.8. The van der Waals surface area contributed by atoms with Crippen LogP contribution in [0.3, 0.4) is 0 Å². The molecule has 16 heavy (non-hydrogen) atoms. The lowest BCUT2D eigenvalue weighted by molar-refractivity contribution is 0.266. The summed E-state index contributed by atoms with van der Waals surface area (Å²) in [5.74, 6) is 0. The highest BCUT2D eigenvalue weighted by atomic mass is 32.2. The summed E-state index contributed by atoms with van der Waals surface area (Å²) in [5, 5.41) is 8.10. The van der Waals surface area contributed by atoms with Crippen molar-refractivity contribution in [2.24, 2.45) is 0 Å². The Balaban J connectivity index is 2.45. The predicted molar refractivity (Wildman–Crippen MR) is 63.7 cm³/mol. The van der Waals surface area contributed by atoms with Gasteiger partial charge in [-0.2, -0.15) is 0 Å². The zero-order valence-electron chi connectivity index (χ0n) is 10.0. The van der Waals surface area contributed by atoms with Gasteiger partial charge in [-0.1, -0.05) is 6.92 Å². The van der Waals surface area contributed by atoms with E-state index in [0.717, 1.165) is 25.9 Å². The lowest BCUT2D eigenvalue weighted by Gasteiger charge is -2.23. The van der Waals surface area contributed by atoms with Gasteiger partial charge in [0.25, 0.3) is 0 Å². The number of sulfonamides is 1. The van der Waals surface area contributed by atoms with Crippen molar-refractivity contribution >= 4 is 10.0 Å². The molecule has 0 amide bonds. The van der Waals surface area contributed by atoms with E-state index in [-0.39, 0.29) is 6.61 Å². The molecule has 0 aromatic rings. The van der Waals surface area contributed by atoms with Gasteiger partial charge in [0.1, 0.15) is 0 Å². The number of hydrogen-bond donors (Lipinski definition) is 2. The summed E-state index contributed by atoms with van der Waals surface area (Å²) in [5.41, 5.74) is 0. The van der Waals surface area contributed by atoms with Crippen LogP contribution in [0.25, 0.3) is 0 Å². The van der Waals surface area contributed by atoms with E-state index in [2.05, 4.69) is 16.5 Å². The zero-order chi connectivity index (χ0) is 12.2. The minimum atomic E-state index is -3.36. The number of nitrogens with one attached hydrogen (secondary N) is 1. The highest BCUT2D eigenvalue weighted by Crippen LogP contribution is 2.16. The first-order chi connectivity index (χ1) is 7.51. The number of aliphatic hydroxyl groups is 1. The number of rotatable bonds is 6. The molecule has 0 bridgehead atoms. The van der Waals surface area contributed by atoms with Crippen molar-refractivity contribution in [2.75, 3.05) is 26.2 Å². The number of hydrogen-bond acceptors (Lipinski definition) is 4. The first-order valence-corrected chi connectivity index (χ1v) is 7.39. The van der Waals surface area contributed by atoms with E-state index >= 15 is 0 Å². The van der Waals surface area contributed by atoms with Crippen molar-refractivity contribution in [3.05, 3.63) is 0 Å². The van der Waals surface area contributed by atoms with Crippen molar-refractivity contribution in [3.8, 4) is 0 Å². The normalized spacial score (nSPS) is 24.8. The molecule has 6 heteroatoms. The van der Waals surface area contributed by atoms with E-state index in [1.54, 1.807) is 0 Å². The van der Waals surface area contributed by atoms with Crippen LogP contribution in [-0.2, 0) is 10.0 Å². The minimum absolute atomic E-state index is 0.311. The van der Waals surface area contributed by atoms with E-state index in [1.807, 2.05) is 0 Å². The first kappa shape index (κ1) is 13.9. The fourth-order valence-corrected chi connectivity index (χ4v) is 2.90. The van der Waals surface area contributed by atoms with Crippen molar-refractivity contribution in [1.82, 2.24) is 9.62 Å². The SMILES string of the molecule is CCN1CCCC1CNS(=O)(=O)C(C)CO. The van der Waals surface area contributed by atoms with Crippen LogP contribution >= 0.6 is 0 Å². The third kappa shape index (κ3) is 3.41. The number of likely N-dealkylation sites (tertiary alicyclic amines) is 1. The van der Waals surface area contributed by atoms with Crippen LogP contribution in [0.15, 0.2) is 0 Å². The smallest absolute Gasteiger partial charge is 0.216 e.